The van der Waals surface area contributed by atoms with Crippen LogP contribution >= 0.6 is 0 Å². The Kier molecular flexibility index (Phi) is 4.29. The molecule has 1 atom stereocenters. The summed E-state index contributed by atoms with van der Waals surface area (Å²) in [6.07, 6.45) is 3.03. The quantitative estimate of drug-likeness (QED) is 0.565. The fourth-order valence-electron chi connectivity index (χ4n) is 3.88. The van der Waals surface area contributed by atoms with Gasteiger partial charge < -0.3 is 14.3 Å². The first-order valence-corrected chi connectivity index (χ1v) is 9.67. The lowest BCUT2D eigenvalue weighted by molar-refractivity contribution is 0.539. The number of rotatable bonds is 4. The molecule has 0 bridgehead atoms. The van der Waals surface area contributed by atoms with Crippen molar-refractivity contribution < 1.29 is 4.42 Å². The van der Waals surface area contributed by atoms with Gasteiger partial charge in [-0.05, 0) is 32.0 Å². The molecule has 4 aromatic rings. The minimum Gasteiger partial charge on any atom is -0.441 e. The number of hydrogen-bond donors (Lipinski definition) is 1. The smallest absolute Gasteiger partial charge is 0.226 e. The summed E-state index contributed by atoms with van der Waals surface area (Å²) in [4.78, 5) is 9.68. The summed E-state index contributed by atoms with van der Waals surface area (Å²) in [5, 5.41) is 3.45. The molecule has 0 saturated carbocycles. The normalized spacial score (nSPS) is 16.5. The largest absolute Gasteiger partial charge is 0.441 e. The van der Waals surface area contributed by atoms with Crippen molar-refractivity contribution in [3.63, 3.8) is 0 Å². The molecule has 1 fully saturated rings. The topological polar surface area (TPSA) is 55.9 Å². The van der Waals surface area contributed by atoms with Crippen molar-refractivity contribution in [2.45, 2.75) is 19.4 Å². The Balaban J connectivity index is 1.68. The van der Waals surface area contributed by atoms with Crippen LogP contribution in [0.2, 0.25) is 0 Å². The Morgan fingerprint density at radius 1 is 0.964 bits per heavy atom. The van der Waals surface area contributed by atoms with Gasteiger partial charge in [0.25, 0.3) is 0 Å². The second kappa shape index (κ2) is 7.09. The van der Waals surface area contributed by atoms with Crippen molar-refractivity contribution in [1.29, 1.82) is 0 Å². The lowest BCUT2D eigenvalue weighted by atomic mass is 10.1. The van der Waals surface area contributed by atoms with Crippen molar-refractivity contribution in [1.82, 2.24) is 19.9 Å². The van der Waals surface area contributed by atoms with Gasteiger partial charge in [-0.3, -0.25) is 0 Å². The van der Waals surface area contributed by atoms with E-state index in [1.165, 1.54) is 0 Å². The summed E-state index contributed by atoms with van der Waals surface area (Å²) in [7, 11) is 0. The number of aromatic nitrogens is 3. The molecule has 3 heterocycles. The second-order valence-electron chi connectivity index (χ2n) is 7.15. The van der Waals surface area contributed by atoms with Gasteiger partial charge in [-0.1, -0.05) is 48.5 Å². The molecule has 0 unspecified atom stereocenters. The summed E-state index contributed by atoms with van der Waals surface area (Å²) in [6.45, 7) is 3.95. The zero-order valence-corrected chi connectivity index (χ0v) is 15.8. The molecule has 1 aliphatic heterocycles. The van der Waals surface area contributed by atoms with Crippen LogP contribution in [0.3, 0.4) is 0 Å². The molecule has 1 aliphatic rings. The summed E-state index contributed by atoms with van der Waals surface area (Å²) < 4.78 is 8.33. The van der Waals surface area contributed by atoms with Crippen molar-refractivity contribution in [3.05, 3.63) is 72.8 Å². The van der Waals surface area contributed by atoms with Gasteiger partial charge in [0.15, 0.2) is 0 Å². The van der Waals surface area contributed by atoms with Gasteiger partial charge in [0.1, 0.15) is 11.5 Å². The molecule has 140 valence electrons. The van der Waals surface area contributed by atoms with Crippen LogP contribution in [0.1, 0.15) is 18.2 Å². The third-order valence-electron chi connectivity index (χ3n) is 5.31. The molecule has 0 radical (unpaired) electrons. The average molecular weight is 370 g/mol. The number of oxazole rings is 1. The highest BCUT2D eigenvalue weighted by atomic mass is 16.4. The molecule has 1 saturated heterocycles. The first-order chi connectivity index (χ1) is 13.8. The predicted molar refractivity (Wildman–Crippen MR) is 110 cm³/mol. The molecular formula is C23H22N4O. The van der Waals surface area contributed by atoms with Gasteiger partial charge in [0.05, 0.1) is 17.7 Å². The highest BCUT2D eigenvalue weighted by Crippen LogP contribution is 2.37. The van der Waals surface area contributed by atoms with Gasteiger partial charge >= 0.3 is 0 Å². The summed E-state index contributed by atoms with van der Waals surface area (Å²) in [6, 6.07) is 20.7. The van der Waals surface area contributed by atoms with Crippen LogP contribution in [0, 0.1) is 6.92 Å². The number of nitrogens with one attached hydrogen (secondary N) is 1. The lowest BCUT2D eigenvalue weighted by Crippen LogP contribution is -2.13. The Bertz CT molecular complexity index is 1080. The first-order valence-electron chi connectivity index (χ1n) is 9.67. The van der Waals surface area contributed by atoms with E-state index in [0.29, 0.717) is 11.9 Å². The van der Waals surface area contributed by atoms with Crippen LogP contribution in [-0.2, 0) is 0 Å². The van der Waals surface area contributed by atoms with Crippen molar-refractivity contribution >= 4 is 0 Å². The average Bonchev–Trinajstić information content (AvgIpc) is 3.48. The molecule has 0 amide bonds. The van der Waals surface area contributed by atoms with Crippen LogP contribution in [0.5, 0.6) is 0 Å². The van der Waals surface area contributed by atoms with E-state index in [-0.39, 0.29) is 0 Å². The van der Waals surface area contributed by atoms with Gasteiger partial charge in [-0.15, -0.1) is 0 Å². The van der Waals surface area contributed by atoms with Crippen molar-refractivity contribution in [2.24, 2.45) is 0 Å². The highest BCUT2D eigenvalue weighted by molar-refractivity contribution is 5.78. The van der Waals surface area contributed by atoms with Crippen LogP contribution in [-0.4, -0.2) is 27.6 Å². The van der Waals surface area contributed by atoms with E-state index < -0.39 is 0 Å². The fraction of sp³-hybridized carbons (Fsp3) is 0.217. The minimum absolute atomic E-state index is 0.372. The summed E-state index contributed by atoms with van der Waals surface area (Å²) >= 11 is 0. The first kappa shape index (κ1) is 17.0. The number of nitrogens with zero attached hydrogens (tertiary/aromatic N) is 3. The number of benzene rings is 2. The molecule has 2 aromatic heterocycles. The van der Waals surface area contributed by atoms with E-state index in [1.54, 1.807) is 0 Å². The maximum Gasteiger partial charge on any atom is 0.226 e. The lowest BCUT2D eigenvalue weighted by Gasteiger charge is -2.14. The second-order valence-corrected chi connectivity index (χ2v) is 7.15. The highest BCUT2D eigenvalue weighted by Gasteiger charge is 2.26. The Hall–Kier alpha value is -3.18. The van der Waals surface area contributed by atoms with Gasteiger partial charge in [0.2, 0.25) is 5.89 Å². The molecule has 5 rings (SSSR count). The molecule has 5 heteroatoms. The van der Waals surface area contributed by atoms with E-state index in [1.807, 2.05) is 61.8 Å². The van der Waals surface area contributed by atoms with Crippen LogP contribution in [0.15, 0.2) is 71.4 Å². The maximum absolute atomic E-state index is 6.07. The third kappa shape index (κ3) is 2.94. The van der Waals surface area contributed by atoms with E-state index in [0.717, 1.165) is 53.5 Å². The Labute approximate surface area is 164 Å². The number of hydrogen-bond acceptors (Lipinski definition) is 4. The van der Waals surface area contributed by atoms with Gasteiger partial charge in [-0.2, -0.15) is 0 Å². The molecule has 5 nitrogen and oxygen atoms in total. The zero-order valence-electron chi connectivity index (χ0n) is 15.8. The van der Waals surface area contributed by atoms with Crippen LogP contribution in [0.25, 0.3) is 34.1 Å². The standard InChI is InChI=1S/C23H22N4O/c1-16-20(26-23(28-16)18-10-6-3-7-11-18)22-21(17-8-4-2-5-9-17)25-15-27(22)19-12-13-24-14-19/h2-11,15,19,24H,12-14H2,1H3/t19-/m0/s1. The summed E-state index contributed by atoms with van der Waals surface area (Å²) in [5.41, 5.74) is 4.91. The third-order valence-corrected chi connectivity index (χ3v) is 5.31. The minimum atomic E-state index is 0.372. The monoisotopic (exact) mass is 370 g/mol. The van der Waals surface area contributed by atoms with Gasteiger partial charge in [-0.25, -0.2) is 9.97 Å². The van der Waals surface area contributed by atoms with Crippen molar-refractivity contribution in [2.75, 3.05) is 13.1 Å². The van der Waals surface area contributed by atoms with Gasteiger partial charge in [0, 0.05) is 23.7 Å². The number of imidazole rings is 1. The van der Waals surface area contributed by atoms with E-state index in [9.17, 15) is 0 Å². The number of aryl methyl sites for hydroxylation is 1. The predicted octanol–water partition coefficient (Wildman–Crippen LogP) is 4.71. The fourth-order valence-corrected chi connectivity index (χ4v) is 3.88. The SMILES string of the molecule is Cc1oc(-c2ccccc2)nc1-c1c(-c2ccccc2)ncn1[C@H]1CCNC1. The van der Waals surface area contributed by atoms with Crippen LogP contribution < -0.4 is 5.32 Å². The molecule has 2 aromatic carbocycles. The molecule has 1 N–H and O–H groups in total. The summed E-state index contributed by atoms with van der Waals surface area (Å²) in [5.74, 6) is 1.45. The van der Waals surface area contributed by atoms with Crippen molar-refractivity contribution in [3.8, 4) is 34.1 Å². The Morgan fingerprint density at radius 2 is 1.68 bits per heavy atom. The zero-order chi connectivity index (χ0) is 18.9. The van der Waals surface area contributed by atoms with E-state index in [4.69, 9.17) is 14.4 Å². The van der Waals surface area contributed by atoms with E-state index in [2.05, 4.69) is 22.0 Å². The molecule has 0 aliphatic carbocycles. The molecule has 28 heavy (non-hydrogen) atoms. The Morgan fingerprint density at radius 3 is 2.36 bits per heavy atom. The molecular weight excluding hydrogens is 348 g/mol. The van der Waals surface area contributed by atoms with Crippen LogP contribution in [0.4, 0.5) is 0 Å². The van der Waals surface area contributed by atoms with E-state index >= 15 is 0 Å². The molecule has 0 spiro atoms. The maximum atomic E-state index is 6.07.